The Morgan fingerprint density at radius 3 is 2.86 bits per heavy atom. The van der Waals surface area contributed by atoms with Crippen LogP contribution in [0.2, 0.25) is 0 Å². The van der Waals surface area contributed by atoms with Crippen LogP contribution >= 0.6 is 0 Å². The molecule has 1 aromatic heterocycles. The molecule has 0 amide bonds. The Kier molecular flexibility index (Phi) is 2.96. The number of rotatable bonds is 3. The molecule has 0 atom stereocenters. The molecule has 2 aromatic rings. The van der Waals surface area contributed by atoms with Gasteiger partial charge in [-0.2, -0.15) is 10.3 Å². The summed E-state index contributed by atoms with van der Waals surface area (Å²) in [5.74, 6) is -0.899. The first-order valence-corrected chi connectivity index (χ1v) is 5.98. The number of alkyl halides is 2. The Bertz CT molecular complexity index is 702. The first kappa shape index (κ1) is 13.3. The Hall–Kier alpha value is -2.71. The van der Waals surface area contributed by atoms with Crippen LogP contribution in [0.3, 0.4) is 0 Å². The lowest BCUT2D eigenvalue weighted by Crippen LogP contribution is -2.25. The first-order valence-electron chi connectivity index (χ1n) is 5.98. The fourth-order valence-corrected chi connectivity index (χ4v) is 1.87. The van der Waals surface area contributed by atoms with Gasteiger partial charge in [-0.15, -0.1) is 13.9 Å². The summed E-state index contributed by atoms with van der Waals surface area (Å²) >= 11 is 0. The molecule has 0 radical (unpaired) electrons. The molecule has 1 aliphatic rings. The molecule has 3 rings (SSSR count). The summed E-state index contributed by atoms with van der Waals surface area (Å²) in [7, 11) is 0. The highest BCUT2D eigenvalue weighted by Gasteiger charge is 2.43. The van der Waals surface area contributed by atoms with Gasteiger partial charge in [0.2, 0.25) is 0 Å². The summed E-state index contributed by atoms with van der Waals surface area (Å²) in [6.45, 7) is 1.83. The highest BCUT2D eigenvalue weighted by atomic mass is 19.3. The molecular weight excluding hydrogens is 288 g/mol. The lowest BCUT2D eigenvalue weighted by atomic mass is 10.1. The summed E-state index contributed by atoms with van der Waals surface area (Å²) < 4.78 is 39.4. The molecular formula is C12H9F2N3O4. The molecule has 1 aromatic carbocycles. The van der Waals surface area contributed by atoms with Crippen LogP contribution in [0.1, 0.15) is 17.4 Å². The van der Waals surface area contributed by atoms with Crippen molar-refractivity contribution in [1.29, 1.82) is 0 Å². The third kappa shape index (κ3) is 2.37. The van der Waals surface area contributed by atoms with E-state index in [2.05, 4.69) is 24.9 Å². The van der Waals surface area contributed by atoms with Gasteiger partial charge in [-0.3, -0.25) is 0 Å². The molecule has 2 heterocycles. The number of esters is 1. The highest BCUT2D eigenvalue weighted by Crippen LogP contribution is 2.42. The SMILES string of the molecule is CCOC(=O)c1n[nH]nc1-c1ccc2c(c1)OC(F)(F)O2. The molecule has 9 heteroatoms. The quantitative estimate of drug-likeness (QED) is 0.872. The molecule has 1 aliphatic heterocycles. The zero-order chi connectivity index (χ0) is 15.0. The topological polar surface area (TPSA) is 86.3 Å². The highest BCUT2D eigenvalue weighted by molar-refractivity contribution is 5.94. The minimum atomic E-state index is -3.70. The standard InChI is InChI=1S/C12H9F2N3O4/c1-2-19-11(18)10-9(15-17-16-10)6-3-4-7-8(5-6)21-12(13,14)20-7/h3-5H,2H2,1H3,(H,15,16,17). The minimum Gasteiger partial charge on any atom is -0.461 e. The number of carbonyl (C=O) groups is 1. The number of nitrogens with zero attached hydrogens (tertiary/aromatic N) is 2. The van der Waals surface area contributed by atoms with E-state index in [0.717, 1.165) is 0 Å². The molecule has 1 N–H and O–H groups in total. The van der Waals surface area contributed by atoms with E-state index < -0.39 is 12.3 Å². The predicted molar refractivity (Wildman–Crippen MR) is 64.0 cm³/mol. The number of aromatic nitrogens is 3. The van der Waals surface area contributed by atoms with Crippen molar-refractivity contribution in [2.45, 2.75) is 13.2 Å². The van der Waals surface area contributed by atoms with Crippen LogP contribution in [0.4, 0.5) is 8.78 Å². The number of ether oxygens (including phenoxy) is 3. The fraction of sp³-hybridized carbons (Fsp3) is 0.250. The van der Waals surface area contributed by atoms with Crippen LogP contribution < -0.4 is 9.47 Å². The number of fused-ring (bicyclic) bond motifs is 1. The second kappa shape index (κ2) is 4.69. The van der Waals surface area contributed by atoms with Crippen molar-refractivity contribution in [3.05, 3.63) is 23.9 Å². The monoisotopic (exact) mass is 297 g/mol. The molecule has 0 fully saturated rings. The number of carbonyl (C=O) groups excluding carboxylic acids is 1. The van der Waals surface area contributed by atoms with Gasteiger partial charge in [0.25, 0.3) is 0 Å². The Labute approximate surface area is 116 Å². The second-order valence-electron chi connectivity index (χ2n) is 4.07. The van der Waals surface area contributed by atoms with E-state index in [4.69, 9.17) is 4.74 Å². The zero-order valence-electron chi connectivity index (χ0n) is 10.7. The van der Waals surface area contributed by atoms with Gasteiger partial charge in [0, 0.05) is 5.56 Å². The normalized spacial score (nSPS) is 15.0. The van der Waals surface area contributed by atoms with E-state index in [9.17, 15) is 13.6 Å². The molecule has 0 aliphatic carbocycles. The van der Waals surface area contributed by atoms with Gasteiger partial charge in [0.05, 0.1) is 6.61 Å². The lowest BCUT2D eigenvalue weighted by molar-refractivity contribution is -0.286. The summed E-state index contributed by atoms with van der Waals surface area (Å²) in [5.41, 5.74) is 0.504. The van der Waals surface area contributed by atoms with Gasteiger partial charge in [0.1, 0.15) is 5.69 Å². The van der Waals surface area contributed by atoms with Crippen molar-refractivity contribution in [3.63, 3.8) is 0 Å². The van der Waals surface area contributed by atoms with Gasteiger partial charge in [0.15, 0.2) is 17.2 Å². The largest absolute Gasteiger partial charge is 0.586 e. The summed E-state index contributed by atoms with van der Waals surface area (Å²) in [4.78, 5) is 11.7. The minimum absolute atomic E-state index is 0.0394. The second-order valence-corrected chi connectivity index (χ2v) is 4.07. The van der Waals surface area contributed by atoms with E-state index >= 15 is 0 Å². The molecule has 0 unspecified atom stereocenters. The van der Waals surface area contributed by atoms with Crippen LogP contribution in [-0.2, 0) is 4.74 Å². The summed E-state index contributed by atoms with van der Waals surface area (Å²) in [5, 5.41) is 9.83. The average Bonchev–Trinajstić information content (AvgIpc) is 3.00. The van der Waals surface area contributed by atoms with E-state index in [0.29, 0.717) is 5.56 Å². The van der Waals surface area contributed by atoms with Crippen LogP contribution in [-0.4, -0.2) is 34.3 Å². The Balaban J connectivity index is 1.97. The maximum absolute atomic E-state index is 13.0. The smallest absolute Gasteiger partial charge is 0.461 e. The fourth-order valence-electron chi connectivity index (χ4n) is 1.87. The Morgan fingerprint density at radius 2 is 2.10 bits per heavy atom. The number of hydrogen-bond donors (Lipinski definition) is 1. The molecule has 0 saturated carbocycles. The summed E-state index contributed by atoms with van der Waals surface area (Å²) in [6, 6.07) is 4.05. The van der Waals surface area contributed by atoms with Gasteiger partial charge in [-0.05, 0) is 25.1 Å². The Morgan fingerprint density at radius 1 is 1.33 bits per heavy atom. The van der Waals surface area contributed by atoms with Crippen molar-refractivity contribution < 1.29 is 27.8 Å². The van der Waals surface area contributed by atoms with Gasteiger partial charge in [-0.1, -0.05) is 0 Å². The van der Waals surface area contributed by atoms with Crippen LogP contribution in [0.5, 0.6) is 11.5 Å². The average molecular weight is 297 g/mol. The van der Waals surface area contributed by atoms with E-state index in [1.54, 1.807) is 6.92 Å². The van der Waals surface area contributed by atoms with Crippen molar-refractivity contribution in [1.82, 2.24) is 15.4 Å². The maximum Gasteiger partial charge on any atom is 0.586 e. The number of aromatic amines is 1. The van der Waals surface area contributed by atoms with Crippen molar-refractivity contribution in [2.75, 3.05) is 6.61 Å². The molecule has 7 nitrogen and oxygen atoms in total. The molecule has 0 spiro atoms. The van der Waals surface area contributed by atoms with Crippen molar-refractivity contribution in [2.24, 2.45) is 0 Å². The molecule has 0 bridgehead atoms. The van der Waals surface area contributed by atoms with Crippen molar-refractivity contribution >= 4 is 5.97 Å². The number of halogens is 2. The van der Waals surface area contributed by atoms with E-state index in [-0.39, 0.29) is 29.5 Å². The molecule has 110 valence electrons. The van der Waals surface area contributed by atoms with Crippen LogP contribution in [0.15, 0.2) is 18.2 Å². The zero-order valence-corrected chi connectivity index (χ0v) is 10.7. The van der Waals surface area contributed by atoms with Gasteiger partial charge >= 0.3 is 12.3 Å². The molecule has 0 saturated heterocycles. The summed E-state index contributed by atoms with van der Waals surface area (Å²) in [6.07, 6.45) is -3.70. The number of hydrogen-bond acceptors (Lipinski definition) is 6. The van der Waals surface area contributed by atoms with Crippen LogP contribution in [0, 0.1) is 0 Å². The van der Waals surface area contributed by atoms with Gasteiger partial charge in [-0.25, -0.2) is 4.79 Å². The number of nitrogens with one attached hydrogen (secondary N) is 1. The third-order valence-corrected chi connectivity index (χ3v) is 2.69. The number of H-pyrrole nitrogens is 1. The van der Waals surface area contributed by atoms with Gasteiger partial charge < -0.3 is 14.2 Å². The molecule has 21 heavy (non-hydrogen) atoms. The van der Waals surface area contributed by atoms with E-state index in [1.807, 2.05) is 0 Å². The third-order valence-electron chi connectivity index (χ3n) is 2.69. The van der Waals surface area contributed by atoms with Crippen LogP contribution in [0.25, 0.3) is 11.3 Å². The predicted octanol–water partition coefficient (Wildman–Crippen LogP) is 1.97. The first-order chi connectivity index (χ1) is 10.00. The lowest BCUT2D eigenvalue weighted by Gasteiger charge is -2.04. The van der Waals surface area contributed by atoms with E-state index in [1.165, 1.54) is 18.2 Å². The maximum atomic E-state index is 13.0. The number of benzene rings is 1. The van der Waals surface area contributed by atoms with Crippen molar-refractivity contribution in [3.8, 4) is 22.8 Å².